The number of fused-ring (bicyclic) bond motifs is 7. The number of Topliss-reactive ketones (excluding diaryl/α,β-unsaturated/α-hetero) is 1. The van der Waals surface area contributed by atoms with Crippen molar-refractivity contribution in [1.29, 1.82) is 0 Å². The van der Waals surface area contributed by atoms with Gasteiger partial charge in [-0.05, 0) is 50.7 Å². The van der Waals surface area contributed by atoms with Crippen LogP contribution in [0.15, 0.2) is 28.8 Å². The molecule has 8 atom stereocenters. The molecule has 0 aromatic heterocycles. The van der Waals surface area contributed by atoms with Crippen LogP contribution in [0.1, 0.15) is 53.4 Å². The van der Waals surface area contributed by atoms with Gasteiger partial charge in [-0.25, -0.2) is 9.38 Å². The summed E-state index contributed by atoms with van der Waals surface area (Å²) in [5.74, 6) is -1.57. The van der Waals surface area contributed by atoms with Crippen molar-refractivity contribution >= 4 is 23.4 Å². The zero-order valence-corrected chi connectivity index (χ0v) is 19.4. The van der Waals surface area contributed by atoms with Gasteiger partial charge in [-0.15, -0.1) is 0 Å². The third-order valence-corrected chi connectivity index (χ3v) is 9.31. The number of rotatable bonds is 3. The molecule has 0 amide bonds. The number of carbonyl (C=O) groups is 3. The largest absolute Gasteiger partial charge is 0.475 e. The number of ketones is 2. The standard InChI is InChI=1S/C25H30FNO6/c1-13-27-25(20(31)12-32-14(2)28)21(33-13)10-18-17-6-5-15-9-16(29)7-8-22(15,3)24(17,26)19(30)11-23(18,25)4/h7-9,17-19,21,30H,5-6,10-12H2,1-4H3/t17?,18-,19-,21+,22?,23?,24-,25?/m0/s1. The summed E-state index contributed by atoms with van der Waals surface area (Å²) < 4.78 is 28.2. The van der Waals surface area contributed by atoms with Crippen molar-refractivity contribution in [2.24, 2.45) is 27.7 Å². The van der Waals surface area contributed by atoms with Crippen LogP contribution in [-0.4, -0.2) is 58.6 Å². The molecule has 1 aliphatic heterocycles. The Kier molecular flexibility index (Phi) is 4.65. The lowest BCUT2D eigenvalue weighted by atomic mass is 9.44. The van der Waals surface area contributed by atoms with E-state index >= 15 is 4.39 Å². The second kappa shape index (κ2) is 6.84. The molecule has 8 heteroatoms. The summed E-state index contributed by atoms with van der Waals surface area (Å²) >= 11 is 0. The summed E-state index contributed by atoms with van der Waals surface area (Å²) in [6, 6.07) is 0. The van der Waals surface area contributed by atoms with E-state index < -0.39 is 52.7 Å². The lowest BCUT2D eigenvalue weighted by Gasteiger charge is -2.62. The number of aliphatic hydroxyl groups is 1. The minimum atomic E-state index is -1.99. The third-order valence-electron chi connectivity index (χ3n) is 9.31. The van der Waals surface area contributed by atoms with Crippen LogP contribution < -0.4 is 0 Å². The highest BCUT2D eigenvalue weighted by Gasteiger charge is 2.78. The average Bonchev–Trinajstić information content (AvgIpc) is 3.19. The molecular weight excluding hydrogens is 429 g/mol. The minimum Gasteiger partial charge on any atom is -0.475 e. The molecule has 178 valence electrons. The van der Waals surface area contributed by atoms with Crippen molar-refractivity contribution in [1.82, 2.24) is 0 Å². The van der Waals surface area contributed by atoms with Crippen molar-refractivity contribution in [3.8, 4) is 0 Å². The first-order chi connectivity index (χ1) is 15.4. The van der Waals surface area contributed by atoms with Crippen LogP contribution in [0, 0.1) is 22.7 Å². The molecule has 0 saturated heterocycles. The highest BCUT2D eigenvalue weighted by Crippen LogP contribution is 2.71. The molecule has 5 aliphatic rings. The number of hydrogen-bond acceptors (Lipinski definition) is 7. The molecule has 3 fully saturated rings. The van der Waals surface area contributed by atoms with E-state index in [0.717, 1.165) is 0 Å². The van der Waals surface area contributed by atoms with Gasteiger partial charge in [0.2, 0.25) is 5.78 Å². The number of ether oxygens (including phenoxy) is 2. The molecule has 0 bridgehead atoms. The molecule has 33 heavy (non-hydrogen) atoms. The van der Waals surface area contributed by atoms with Crippen molar-refractivity contribution in [2.75, 3.05) is 6.61 Å². The molecule has 4 aliphatic carbocycles. The van der Waals surface area contributed by atoms with Gasteiger partial charge >= 0.3 is 5.97 Å². The summed E-state index contributed by atoms with van der Waals surface area (Å²) in [6.07, 6.45) is 3.97. The van der Waals surface area contributed by atoms with Gasteiger partial charge < -0.3 is 14.6 Å². The minimum absolute atomic E-state index is 0.0117. The van der Waals surface area contributed by atoms with Crippen molar-refractivity contribution in [3.63, 3.8) is 0 Å². The number of halogens is 1. The van der Waals surface area contributed by atoms with Crippen LogP contribution in [0.4, 0.5) is 4.39 Å². The molecule has 0 spiro atoms. The molecular formula is C25H30FNO6. The number of hydrogen-bond donors (Lipinski definition) is 1. The van der Waals surface area contributed by atoms with Gasteiger partial charge in [0.25, 0.3) is 0 Å². The maximum Gasteiger partial charge on any atom is 0.303 e. The smallest absolute Gasteiger partial charge is 0.303 e. The number of allylic oxidation sites excluding steroid dienone is 4. The van der Waals surface area contributed by atoms with Crippen LogP contribution in [0.3, 0.4) is 0 Å². The highest BCUT2D eigenvalue weighted by atomic mass is 19.1. The number of aliphatic hydroxyl groups excluding tert-OH is 1. The lowest BCUT2D eigenvalue weighted by Crippen LogP contribution is -2.69. The summed E-state index contributed by atoms with van der Waals surface area (Å²) in [7, 11) is 0. The first kappa shape index (κ1) is 22.4. The summed E-state index contributed by atoms with van der Waals surface area (Å²) in [5, 5.41) is 11.4. The van der Waals surface area contributed by atoms with Crippen LogP contribution in [0.25, 0.3) is 0 Å². The number of nitrogens with zero attached hydrogens (tertiary/aromatic N) is 1. The third kappa shape index (κ3) is 2.58. The molecule has 1 N–H and O–H groups in total. The van der Waals surface area contributed by atoms with E-state index in [4.69, 9.17) is 9.47 Å². The Morgan fingerprint density at radius 2 is 2.06 bits per heavy atom. The fourth-order valence-electron chi connectivity index (χ4n) is 7.85. The lowest BCUT2D eigenvalue weighted by molar-refractivity contribution is -0.198. The molecule has 0 aromatic carbocycles. The van der Waals surface area contributed by atoms with Gasteiger partial charge in [0.15, 0.2) is 29.5 Å². The Labute approximate surface area is 192 Å². The second-order valence-corrected chi connectivity index (χ2v) is 10.7. The SMILES string of the molecule is CC(=O)OCC(=O)C12N=C(C)O[C@@H]1C[C@H]1C3CCC4=CC(=O)C=CC4(C)[C@@]3(F)[C@@H](O)CC12C. The topological polar surface area (TPSA) is 102 Å². The van der Waals surface area contributed by atoms with Crippen LogP contribution in [0.5, 0.6) is 0 Å². The molecule has 7 nitrogen and oxygen atoms in total. The second-order valence-electron chi connectivity index (χ2n) is 10.7. The summed E-state index contributed by atoms with van der Waals surface area (Å²) in [4.78, 5) is 41.6. The maximum atomic E-state index is 17.2. The Morgan fingerprint density at radius 1 is 1.33 bits per heavy atom. The van der Waals surface area contributed by atoms with Crippen molar-refractivity contribution in [3.05, 3.63) is 23.8 Å². The van der Waals surface area contributed by atoms with Crippen LogP contribution in [0.2, 0.25) is 0 Å². The molecule has 0 aromatic rings. The van der Waals surface area contributed by atoms with E-state index in [-0.39, 0.29) is 23.9 Å². The van der Waals surface area contributed by atoms with Gasteiger partial charge in [-0.1, -0.05) is 18.6 Å². The van der Waals surface area contributed by atoms with E-state index in [1.807, 2.05) is 6.92 Å². The Morgan fingerprint density at radius 3 is 2.76 bits per heavy atom. The quantitative estimate of drug-likeness (QED) is 0.651. The van der Waals surface area contributed by atoms with Gasteiger partial charge in [-0.3, -0.25) is 14.4 Å². The molecule has 4 unspecified atom stereocenters. The number of carbonyl (C=O) groups excluding carboxylic acids is 3. The Balaban J connectivity index is 1.60. The zero-order chi connectivity index (χ0) is 24.0. The molecule has 5 rings (SSSR count). The number of esters is 1. The van der Waals surface area contributed by atoms with Gasteiger partial charge in [0.05, 0.1) is 6.10 Å². The van der Waals surface area contributed by atoms with Gasteiger partial charge in [-0.2, -0.15) is 0 Å². The molecule has 0 radical (unpaired) electrons. The maximum absolute atomic E-state index is 17.2. The average molecular weight is 460 g/mol. The number of alkyl halides is 1. The Bertz CT molecular complexity index is 1050. The molecule has 3 saturated carbocycles. The van der Waals surface area contributed by atoms with Gasteiger partial charge in [0, 0.05) is 30.6 Å². The van der Waals surface area contributed by atoms with Crippen molar-refractivity contribution < 1.29 is 33.4 Å². The predicted octanol–water partition coefficient (Wildman–Crippen LogP) is 2.66. The van der Waals surface area contributed by atoms with E-state index in [1.54, 1.807) is 19.9 Å². The van der Waals surface area contributed by atoms with E-state index in [0.29, 0.717) is 30.7 Å². The number of aliphatic imine (C=N–C) groups is 1. The van der Waals surface area contributed by atoms with Crippen molar-refractivity contribution in [2.45, 2.75) is 76.8 Å². The summed E-state index contributed by atoms with van der Waals surface area (Å²) in [6.45, 7) is 6.13. The van der Waals surface area contributed by atoms with Crippen LogP contribution >= 0.6 is 0 Å². The normalized spacial score (nSPS) is 47.4. The van der Waals surface area contributed by atoms with E-state index in [2.05, 4.69) is 4.99 Å². The predicted molar refractivity (Wildman–Crippen MR) is 116 cm³/mol. The van der Waals surface area contributed by atoms with Gasteiger partial charge in [0.1, 0.15) is 6.10 Å². The fourth-order valence-corrected chi connectivity index (χ4v) is 7.85. The Hall–Kier alpha value is -2.35. The molecule has 1 heterocycles. The van der Waals surface area contributed by atoms with Crippen LogP contribution in [-0.2, 0) is 23.9 Å². The monoisotopic (exact) mass is 459 g/mol. The highest BCUT2D eigenvalue weighted by molar-refractivity contribution is 6.01. The fraction of sp³-hybridized carbons (Fsp3) is 0.680. The first-order valence-corrected chi connectivity index (χ1v) is 11.6. The first-order valence-electron chi connectivity index (χ1n) is 11.6. The summed E-state index contributed by atoms with van der Waals surface area (Å²) in [5.41, 5.74) is -4.60. The van der Waals surface area contributed by atoms with E-state index in [1.165, 1.54) is 19.1 Å². The zero-order valence-electron chi connectivity index (χ0n) is 19.4. The van der Waals surface area contributed by atoms with E-state index in [9.17, 15) is 19.5 Å².